The van der Waals surface area contributed by atoms with Gasteiger partial charge in [0.05, 0.1) is 11.3 Å². The first kappa shape index (κ1) is 12.7. The maximum absolute atomic E-state index is 9.15. The maximum Gasteiger partial charge on any atom is 0.101 e. The van der Waals surface area contributed by atoms with Gasteiger partial charge in [-0.15, -0.1) is 0 Å². The number of anilines is 2. The maximum atomic E-state index is 9.15. The van der Waals surface area contributed by atoms with Gasteiger partial charge in [-0.1, -0.05) is 46.3 Å². The summed E-state index contributed by atoms with van der Waals surface area (Å²) in [5.74, 6) is 0. The van der Waals surface area contributed by atoms with Crippen molar-refractivity contribution < 1.29 is 0 Å². The molecule has 0 fully saturated rings. The molecular weight excluding hydrogens is 312 g/mol. The number of hydrogen-bond donors (Lipinski definition) is 1. The molecule has 0 atom stereocenters. The number of nitriles is 1. The fourth-order valence-electron chi connectivity index (χ4n) is 2.14. The Morgan fingerprint density at radius 1 is 0.900 bits per heavy atom. The van der Waals surface area contributed by atoms with Gasteiger partial charge < -0.3 is 5.32 Å². The predicted molar refractivity (Wildman–Crippen MR) is 86.1 cm³/mol. The highest BCUT2D eigenvalue weighted by Gasteiger charge is 2.04. The minimum atomic E-state index is 0.626. The largest absolute Gasteiger partial charge is 0.354 e. The summed E-state index contributed by atoms with van der Waals surface area (Å²) in [7, 11) is 0. The molecule has 0 heterocycles. The molecule has 0 aliphatic rings. The molecule has 3 aromatic carbocycles. The second-order valence-electron chi connectivity index (χ2n) is 4.49. The zero-order valence-electron chi connectivity index (χ0n) is 10.6. The van der Waals surface area contributed by atoms with E-state index in [1.807, 2.05) is 30.3 Å². The van der Waals surface area contributed by atoms with Crippen LogP contribution in [0.15, 0.2) is 65.1 Å². The summed E-state index contributed by atoms with van der Waals surface area (Å²) in [6, 6.07) is 22.1. The summed E-state index contributed by atoms with van der Waals surface area (Å²) in [4.78, 5) is 0. The normalized spacial score (nSPS) is 10.2. The fourth-order valence-corrected chi connectivity index (χ4v) is 2.50. The van der Waals surface area contributed by atoms with Crippen LogP contribution >= 0.6 is 15.9 Å². The van der Waals surface area contributed by atoms with Crippen molar-refractivity contribution >= 4 is 38.1 Å². The molecule has 3 aromatic rings. The number of halogens is 1. The highest BCUT2D eigenvalue weighted by Crippen LogP contribution is 2.26. The minimum Gasteiger partial charge on any atom is -0.354 e. The molecule has 0 unspecified atom stereocenters. The van der Waals surface area contributed by atoms with Crippen LogP contribution in [-0.2, 0) is 0 Å². The summed E-state index contributed by atoms with van der Waals surface area (Å²) in [5, 5.41) is 14.8. The lowest BCUT2D eigenvalue weighted by Crippen LogP contribution is -1.93. The van der Waals surface area contributed by atoms with Crippen LogP contribution in [0.2, 0.25) is 0 Å². The molecule has 0 radical (unpaired) electrons. The summed E-state index contributed by atoms with van der Waals surface area (Å²) in [5.41, 5.74) is 2.40. The average molecular weight is 323 g/mol. The number of benzene rings is 3. The molecule has 1 N–H and O–H groups in total. The van der Waals surface area contributed by atoms with Gasteiger partial charge in [0.15, 0.2) is 0 Å². The Morgan fingerprint density at radius 2 is 1.70 bits per heavy atom. The van der Waals surface area contributed by atoms with E-state index < -0.39 is 0 Å². The van der Waals surface area contributed by atoms with Crippen LogP contribution in [0.1, 0.15) is 5.56 Å². The van der Waals surface area contributed by atoms with Gasteiger partial charge in [0.2, 0.25) is 0 Å². The van der Waals surface area contributed by atoms with Crippen LogP contribution in [0.25, 0.3) is 10.8 Å². The number of hydrogen-bond acceptors (Lipinski definition) is 2. The Labute approximate surface area is 125 Å². The van der Waals surface area contributed by atoms with Crippen LogP contribution in [-0.4, -0.2) is 0 Å². The van der Waals surface area contributed by atoms with Crippen LogP contribution in [0.3, 0.4) is 0 Å². The van der Waals surface area contributed by atoms with Gasteiger partial charge >= 0.3 is 0 Å². The SMILES string of the molecule is N#Cc1ccc(Br)cc1Nc1ccc2ccccc2c1. The van der Waals surface area contributed by atoms with Gasteiger partial charge in [0.25, 0.3) is 0 Å². The predicted octanol–water partition coefficient (Wildman–Crippen LogP) is 5.22. The number of rotatable bonds is 2. The first-order chi connectivity index (χ1) is 9.76. The van der Waals surface area contributed by atoms with Crippen molar-refractivity contribution in [1.82, 2.24) is 0 Å². The van der Waals surface area contributed by atoms with Gasteiger partial charge in [-0.05, 0) is 41.1 Å². The van der Waals surface area contributed by atoms with E-state index in [4.69, 9.17) is 5.26 Å². The van der Waals surface area contributed by atoms with Crippen molar-refractivity contribution in [1.29, 1.82) is 5.26 Å². The molecule has 2 nitrogen and oxygen atoms in total. The standard InChI is InChI=1S/C17H11BrN2/c18-15-7-5-14(11-19)17(10-15)20-16-8-6-12-3-1-2-4-13(12)9-16/h1-10,20H. The van der Waals surface area contributed by atoms with Gasteiger partial charge in [0, 0.05) is 10.2 Å². The quantitative estimate of drug-likeness (QED) is 0.702. The minimum absolute atomic E-state index is 0.626. The van der Waals surface area contributed by atoms with Crippen molar-refractivity contribution in [3.8, 4) is 6.07 Å². The van der Waals surface area contributed by atoms with Crippen molar-refractivity contribution in [2.45, 2.75) is 0 Å². The van der Waals surface area contributed by atoms with Crippen molar-refractivity contribution in [2.24, 2.45) is 0 Å². The van der Waals surface area contributed by atoms with Gasteiger partial charge in [0.1, 0.15) is 6.07 Å². The monoisotopic (exact) mass is 322 g/mol. The van der Waals surface area contributed by atoms with Gasteiger partial charge in [-0.2, -0.15) is 5.26 Å². The van der Waals surface area contributed by atoms with Gasteiger partial charge in [-0.3, -0.25) is 0 Å². The Morgan fingerprint density at radius 3 is 2.50 bits per heavy atom. The Balaban J connectivity index is 2.01. The number of fused-ring (bicyclic) bond motifs is 1. The van der Waals surface area contributed by atoms with E-state index in [0.717, 1.165) is 15.8 Å². The van der Waals surface area contributed by atoms with Crippen LogP contribution in [0.4, 0.5) is 11.4 Å². The average Bonchev–Trinajstić information content (AvgIpc) is 2.47. The first-order valence-corrected chi connectivity index (χ1v) is 7.01. The topological polar surface area (TPSA) is 35.8 Å². The molecule has 0 bridgehead atoms. The molecule has 0 aliphatic heterocycles. The second kappa shape index (κ2) is 5.36. The molecule has 3 heteroatoms. The van der Waals surface area contributed by atoms with Crippen LogP contribution in [0.5, 0.6) is 0 Å². The number of nitrogens with zero attached hydrogens (tertiary/aromatic N) is 1. The Hall–Kier alpha value is -2.31. The van der Waals surface area contributed by atoms with Crippen molar-refractivity contribution in [2.75, 3.05) is 5.32 Å². The third-order valence-corrected chi connectivity index (χ3v) is 3.62. The summed E-state index contributed by atoms with van der Waals surface area (Å²) in [6.45, 7) is 0. The van der Waals surface area contributed by atoms with E-state index in [-0.39, 0.29) is 0 Å². The Bertz CT molecular complexity index is 819. The molecule has 0 spiro atoms. The lowest BCUT2D eigenvalue weighted by atomic mass is 10.1. The van der Waals surface area contributed by atoms with E-state index in [2.05, 4.69) is 51.6 Å². The molecule has 0 aromatic heterocycles. The smallest absolute Gasteiger partial charge is 0.101 e. The molecule has 96 valence electrons. The molecule has 0 amide bonds. The molecule has 0 saturated heterocycles. The molecular formula is C17H11BrN2. The van der Waals surface area contributed by atoms with Crippen molar-refractivity contribution in [3.63, 3.8) is 0 Å². The molecule has 20 heavy (non-hydrogen) atoms. The third kappa shape index (κ3) is 2.52. The molecule has 0 saturated carbocycles. The zero-order chi connectivity index (χ0) is 13.9. The number of nitrogens with one attached hydrogen (secondary N) is 1. The van der Waals surface area contributed by atoms with Crippen LogP contribution < -0.4 is 5.32 Å². The highest BCUT2D eigenvalue weighted by molar-refractivity contribution is 9.10. The molecule has 3 rings (SSSR count). The van der Waals surface area contributed by atoms with Crippen molar-refractivity contribution in [3.05, 3.63) is 70.7 Å². The summed E-state index contributed by atoms with van der Waals surface area (Å²) in [6.07, 6.45) is 0. The zero-order valence-corrected chi connectivity index (χ0v) is 12.2. The van der Waals surface area contributed by atoms with E-state index in [1.54, 1.807) is 6.07 Å². The van der Waals surface area contributed by atoms with E-state index in [0.29, 0.717) is 5.56 Å². The van der Waals surface area contributed by atoms with Gasteiger partial charge in [-0.25, -0.2) is 0 Å². The highest BCUT2D eigenvalue weighted by atomic mass is 79.9. The van der Waals surface area contributed by atoms with E-state index in [9.17, 15) is 0 Å². The van der Waals surface area contributed by atoms with E-state index in [1.165, 1.54) is 10.8 Å². The summed E-state index contributed by atoms with van der Waals surface area (Å²) >= 11 is 3.43. The first-order valence-electron chi connectivity index (χ1n) is 6.22. The fraction of sp³-hybridized carbons (Fsp3) is 0. The third-order valence-electron chi connectivity index (χ3n) is 3.13. The lowest BCUT2D eigenvalue weighted by Gasteiger charge is -2.09. The summed E-state index contributed by atoms with van der Waals surface area (Å²) < 4.78 is 0.944. The second-order valence-corrected chi connectivity index (χ2v) is 5.40. The van der Waals surface area contributed by atoms with E-state index >= 15 is 0 Å². The van der Waals surface area contributed by atoms with Crippen LogP contribution in [0, 0.1) is 11.3 Å². The molecule has 0 aliphatic carbocycles. The Kier molecular flexibility index (Phi) is 3.41. The lowest BCUT2D eigenvalue weighted by molar-refractivity contribution is 1.45.